The van der Waals surface area contributed by atoms with Gasteiger partial charge in [0, 0.05) is 18.5 Å². The van der Waals surface area contributed by atoms with Crippen molar-refractivity contribution < 1.29 is 33.8 Å². The first-order valence-corrected chi connectivity index (χ1v) is 11.5. The molecule has 1 rings (SSSR count). The summed E-state index contributed by atoms with van der Waals surface area (Å²) in [7, 11) is 1.53. The summed E-state index contributed by atoms with van der Waals surface area (Å²) in [5.74, 6) is -3.08. The number of amides is 3. The van der Waals surface area contributed by atoms with E-state index in [1.165, 1.54) is 14.0 Å². The van der Waals surface area contributed by atoms with E-state index in [4.69, 9.17) is 9.84 Å². The normalized spacial score (nSPS) is 13.3. The molecule has 1 aromatic carbocycles. The number of hydrogen-bond donors (Lipinski definition) is 5. The Morgan fingerprint density at radius 1 is 0.943 bits per heavy atom. The van der Waals surface area contributed by atoms with Gasteiger partial charge in [0.1, 0.15) is 18.7 Å². The first kappa shape index (κ1) is 29.6. The fourth-order valence-electron chi connectivity index (χ4n) is 3.03. The van der Waals surface area contributed by atoms with Crippen molar-refractivity contribution in [2.45, 2.75) is 71.7 Å². The number of rotatable bonds is 14. The lowest BCUT2D eigenvalue weighted by molar-refractivity contribution is -0.144. The maximum atomic E-state index is 12.8. The molecule has 0 saturated heterocycles. The summed E-state index contributed by atoms with van der Waals surface area (Å²) in [6.07, 6.45) is 0.169. The van der Waals surface area contributed by atoms with Crippen molar-refractivity contribution in [1.82, 2.24) is 16.0 Å². The molecule has 0 aliphatic rings. The SMILES string of the molecule is CCC(=O)OCc1ccc(NC(=O)[C@H](C)NC(=O)[C@@H](NC(=O)[C@H](CCC(=O)O)NC)C(C)C)cc1. The first-order chi connectivity index (χ1) is 16.5. The lowest BCUT2D eigenvalue weighted by Gasteiger charge is -2.26. The van der Waals surface area contributed by atoms with Crippen LogP contribution in [0, 0.1) is 5.92 Å². The van der Waals surface area contributed by atoms with Crippen molar-refractivity contribution in [2.24, 2.45) is 5.92 Å². The van der Waals surface area contributed by atoms with E-state index >= 15 is 0 Å². The predicted molar refractivity (Wildman–Crippen MR) is 129 cm³/mol. The van der Waals surface area contributed by atoms with Gasteiger partial charge in [0.25, 0.3) is 0 Å². The van der Waals surface area contributed by atoms with Crippen molar-refractivity contribution in [3.05, 3.63) is 29.8 Å². The zero-order valence-corrected chi connectivity index (χ0v) is 20.8. The minimum atomic E-state index is -1.02. The van der Waals surface area contributed by atoms with Gasteiger partial charge in [-0.05, 0) is 44.0 Å². The Bertz CT molecular complexity index is 886. The predicted octanol–water partition coefficient (Wildman–Crippen LogP) is 1.18. The van der Waals surface area contributed by atoms with E-state index in [9.17, 15) is 24.0 Å². The molecule has 0 unspecified atom stereocenters. The van der Waals surface area contributed by atoms with Crippen LogP contribution in [-0.4, -0.2) is 59.9 Å². The molecule has 0 aromatic heterocycles. The van der Waals surface area contributed by atoms with Crippen LogP contribution >= 0.6 is 0 Å². The number of carboxylic acid groups (broad SMARTS) is 1. The Kier molecular flexibility index (Phi) is 12.4. The fraction of sp³-hybridized carbons (Fsp3) is 0.542. The summed E-state index contributed by atoms with van der Waals surface area (Å²) in [5.41, 5.74) is 1.27. The third-order valence-corrected chi connectivity index (χ3v) is 5.22. The van der Waals surface area contributed by atoms with E-state index in [1.807, 2.05) is 0 Å². The van der Waals surface area contributed by atoms with Crippen molar-refractivity contribution in [3.63, 3.8) is 0 Å². The number of carbonyl (C=O) groups is 5. The van der Waals surface area contributed by atoms with Gasteiger partial charge in [-0.3, -0.25) is 24.0 Å². The second-order valence-electron chi connectivity index (χ2n) is 8.43. The van der Waals surface area contributed by atoms with Crippen LogP contribution in [0.1, 0.15) is 52.5 Å². The highest BCUT2D eigenvalue weighted by molar-refractivity contribution is 5.98. The average Bonchev–Trinajstić information content (AvgIpc) is 2.81. The van der Waals surface area contributed by atoms with Gasteiger partial charge in [0.2, 0.25) is 17.7 Å². The Morgan fingerprint density at radius 2 is 1.57 bits per heavy atom. The average molecular weight is 493 g/mol. The summed E-state index contributed by atoms with van der Waals surface area (Å²) in [6.45, 7) is 6.87. The maximum absolute atomic E-state index is 12.8. The number of anilines is 1. The minimum absolute atomic E-state index is 0.0722. The smallest absolute Gasteiger partial charge is 0.305 e. The van der Waals surface area contributed by atoms with E-state index in [0.717, 1.165) is 5.56 Å². The standard InChI is InChI=1S/C24H36N4O7/c1-6-20(31)35-13-16-7-9-17(10-8-16)27-22(32)15(4)26-24(34)21(14(2)3)28-23(33)18(25-5)11-12-19(29)30/h7-10,14-15,18,21,25H,6,11-13H2,1-5H3,(H,26,34)(H,27,32)(H,28,33)(H,29,30)/t15-,18-,21-/m0/s1. The maximum Gasteiger partial charge on any atom is 0.305 e. The van der Waals surface area contributed by atoms with Crippen LogP contribution < -0.4 is 21.3 Å². The largest absolute Gasteiger partial charge is 0.481 e. The van der Waals surface area contributed by atoms with Crippen LogP contribution in [0.15, 0.2) is 24.3 Å². The Labute approximate surface area is 205 Å². The molecule has 5 N–H and O–H groups in total. The number of esters is 1. The van der Waals surface area contributed by atoms with Gasteiger partial charge in [-0.25, -0.2) is 0 Å². The Morgan fingerprint density at radius 3 is 2.09 bits per heavy atom. The summed E-state index contributed by atoms with van der Waals surface area (Å²) < 4.78 is 5.06. The van der Waals surface area contributed by atoms with Crippen molar-refractivity contribution >= 4 is 35.3 Å². The zero-order chi connectivity index (χ0) is 26.5. The number of likely N-dealkylation sites (N-methyl/N-ethyl adjacent to an activating group) is 1. The molecule has 0 bridgehead atoms. The molecule has 3 amide bonds. The molecule has 0 fully saturated rings. The van der Waals surface area contributed by atoms with Crippen molar-refractivity contribution in [2.75, 3.05) is 12.4 Å². The molecule has 3 atom stereocenters. The number of carbonyl (C=O) groups excluding carboxylic acids is 4. The molecule has 1 aromatic rings. The third kappa shape index (κ3) is 10.6. The number of nitrogens with one attached hydrogen (secondary N) is 4. The highest BCUT2D eigenvalue weighted by Gasteiger charge is 2.29. The van der Waals surface area contributed by atoms with Crippen molar-refractivity contribution in [1.29, 1.82) is 0 Å². The molecule has 0 spiro atoms. The summed E-state index contributed by atoms with van der Waals surface area (Å²) in [4.78, 5) is 59.9. The van der Waals surface area contributed by atoms with Crippen molar-refractivity contribution in [3.8, 4) is 0 Å². The van der Waals surface area contributed by atoms with E-state index in [-0.39, 0.29) is 31.3 Å². The van der Waals surface area contributed by atoms with Gasteiger partial charge >= 0.3 is 11.9 Å². The number of carboxylic acids is 1. The second kappa shape index (κ2) is 14.7. The Hall–Kier alpha value is -3.47. The van der Waals surface area contributed by atoms with Gasteiger partial charge < -0.3 is 31.1 Å². The number of ether oxygens (including phenoxy) is 1. The monoisotopic (exact) mass is 492 g/mol. The molecule has 194 valence electrons. The van der Waals surface area contributed by atoms with Gasteiger partial charge in [-0.1, -0.05) is 32.9 Å². The molecule has 0 heterocycles. The van der Waals surface area contributed by atoms with Crippen LogP contribution in [0.5, 0.6) is 0 Å². The molecular weight excluding hydrogens is 456 g/mol. The van der Waals surface area contributed by atoms with Gasteiger partial charge in [0.05, 0.1) is 6.04 Å². The number of aliphatic carboxylic acids is 1. The number of hydrogen-bond acceptors (Lipinski definition) is 7. The summed E-state index contributed by atoms with van der Waals surface area (Å²) in [5, 5.41) is 19.5. The van der Waals surface area contributed by atoms with E-state index in [2.05, 4.69) is 21.3 Å². The topological polar surface area (TPSA) is 163 Å². The highest BCUT2D eigenvalue weighted by atomic mass is 16.5. The third-order valence-electron chi connectivity index (χ3n) is 5.22. The van der Waals surface area contributed by atoms with Crippen LogP contribution in [0.4, 0.5) is 5.69 Å². The fourth-order valence-corrected chi connectivity index (χ4v) is 3.03. The van der Waals surface area contributed by atoms with Crippen LogP contribution in [0.2, 0.25) is 0 Å². The minimum Gasteiger partial charge on any atom is -0.481 e. The molecule has 35 heavy (non-hydrogen) atoms. The van der Waals surface area contributed by atoms with Crippen LogP contribution in [0.3, 0.4) is 0 Å². The lowest BCUT2D eigenvalue weighted by atomic mass is 10.0. The van der Waals surface area contributed by atoms with Gasteiger partial charge in [-0.2, -0.15) is 0 Å². The first-order valence-electron chi connectivity index (χ1n) is 11.5. The zero-order valence-electron chi connectivity index (χ0n) is 20.8. The van der Waals surface area contributed by atoms with Gasteiger partial charge in [-0.15, -0.1) is 0 Å². The molecule has 11 heteroatoms. The highest BCUT2D eigenvalue weighted by Crippen LogP contribution is 2.12. The lowest BCUT2D eigenvalue weighted by Crippen LogP contribution is -2.56. The molecule has 0 aliphatic heterocycles. The molecule has 0 radical (unpaired) electrons. The molecule has 0 aliphatic carbocycles. The van der Waals surface area contributed by atoms with E-state index in [1.54, 1.807) is 45.0 Å². The quantitative estimate of drug-likeness (QED) is 0.242. The van der Waals surface area contributed by atoms with E-state index < -0.39 is 41.8 Å². The van der Waals surface area contributed by atoms with Crippen LogP contribution in [-0.2, 0) is 35.3 Å². The Balaban J connectivity index is 2.68. The summed E-state index contributed by atoms with van der Waals surface area (Å²) in [6, 6.07) is 4.18. The molecule has 11 nitrogen and oxygen atoms in total. The van der Waals surface area contributed by atoms with Gasteiger partial charge in [0.15, 0.2) is 0 Å². The summed E-state index contributed by atoms with van der Waals surface area (Å²) >= 11 is 0. The molecular formula is C24H36N4O7. The van der Waals surface area contributed by atoms with E-state index in [0.29, 0.717) is 12.1 Å². The van der Waals surface area contributed by atoms with Crippen LogP contribution in [0.25, 0.3) is 0 Å². The second-order valence-corrected chi connectivity index (χ2v) is 8.43. The number of benzene rings is 1. The molecule has 0 saturated carbocycles.